The SMILES string of the molecule is C=C1N=NC(=O)NC1=NCCCC. The molecular weight excluding hydrogens is 168 g/mol. The molecule has 1 N–H and O–H groups in total. The number of rotatable bonds is 3. The summed E-state index contributed by atoms with van der Waals surface area (Å²) in [4.78, 5) is 14.9. The number of amidine groups is 1. The van der Waals surface area contributed by atoms with Crippen LogP contribution < -0.4 is 5.32 Å². The van der Waals surface area contributed by atoms with Crippen molar-refractivity contribution in [3.63, 3.8) is 0 Å². The van der Waals surface area contributed by atoms with Crippen LogP contribution in [-0.4, -0.2) is 18.4 Å². The molecule has 0 fully saturated rings. The van der Waals surface area contributed by atoms with Crippen LogP contribution in [0.5, 0.6) is 0 Å². The van der Waals surface area contributed by atoms with Gasteiger partial charge in [-0.3, -0.25) is 10.3 Å². The summed E-state index contributed by atoms with van der Waals surface area (Å²) in [6, 6.07) is -0.484. The monoisotopic (exact) mass is 180 g/mol. The molecule has 5 heteroatoms. The van der Waals surface area contributed by atoms with E-state index in [0.29, 0.717) is 18.1 Å². The molecule has 0 saturated heterocycles. The third-order valence-electron chi connectivity index (χ3n) is 1.54. The van der Waals surface area contributed by atoms with Gasteiger partial charge in [0.1, 0.15) is 5.70 Å². The number of urea groups is 1. The molecule has 0 bridgehead atoms. The second-order valence-corrected chi connectivity index (χ2v) is 2.66. The number of unbranched alkanes of at least 4 members (excludes halogenated alkanes) is 1. The number of amides is 2. The van der Waals surface area contributed by atoms with Crippen LogP contribution in [0.1, 0.15) is 19.8 Å². The highest BCUT2D eigenvalue weighted by atomic mass is 16.2. The van der Waals surface area contributed by atoms with Gasteiger partial charge in [0.15, 0.2) is 5.84 Å². The molecule has 0 spiro atoms. The maximum Gasteiger partial charge on any atom is 0.365 e. The topological polar surface area (TPSA) is 66.2 Å². The van der Waals surface area contributed by atoms with Gasteiger partial charge in [0.25, 0.3) is 0 Å². The molecule has 0 aromatic heterocycles. The first kappa shape index (κ1) is 9.57. The first-order chi connectivity index (χ1) is 6.24. The average Bonchev–Trinajstić information content (AvgIpc) is 2.11. The number of azo groups is 1. The number of hydrogen-bond donors (Lipinski definition) is 1. The average molecular weight is 180 g/mol. The van der Waals surface area contributed by atoms with Crippen molar-refractivity contribution in [2.45, 2.75) is 19.8 Å². The van der Waals surface area contributed by atoms with Gasteiger partial charge in [0.05, 0.1) is 0 Å². The van der Waals surface area contributed by atoms with E-state index in [2.05, 4.69) is 34.0 Å². The highest BCUT2D eigenvalue weighted by Crippen LogP contribution is 2.03. The Kier molecular flexibility index (Phi) is 3.31. The minimum atomic E-state index is -0.484. The molecule has 0 radical (unpaired) electrons. The summed E-state index contributed by atoms with van der Waals surface area (Å²) in [5.41, 5.74) is 0.413. The standard InChI is InChI=1S/C8H12N4O/c1-3-4-5-9-7-6(2)11-12-8(13)10-7/h2-5H2,1H3,(H,9,10,13). The number of hydrogen-bond acceptors (Lipinski definition) is 3. The van der Waals surface area contributed by atoms with Crippen LogP contribution in [-0.2, 0) is 0 Å². The molecule has 0 aromatic rings. The van der Waals surface area contributed by atoms with Crippen molar-refractivity contribution >= 4 is 11.9 Å². The highest BCUT2D eigenvalue weighted by Gasteiger charge is 2.13. The molecule has 5 nitrogen and oxygen atoms in total. The fraction of sp³-hybridized carbons (Fsp3) is 0.500. The summed E-state index contributed by atoms with van der Waals surface area (Å²) in [6.45, 7) is 6.36. The van der Waals surface area contributed by atoms with E-state index in [1.807, 2.05) is 0 Å². The third-order valence-corrected chi connectivity index (χ3v) is 1.54. The van der Waals surface area contributed by atoms with Crippen LogP contribution in [0.4, 0.5) is 4.79 Å². The predicted octanol–water partition coefficient (Wildman–Crippen LogP) is 1.87. The molecule has 1 rings (SSSR count). The lowest BCUT2D eigenvalue weighted by atomic mass is 10.3. The third kappa shape index (κ3) is 2.77. The number of carbonyl (C=O) groups is 1. The fourth-order valence-electron chi connectivity index (χ4n) is 0.831. The minimum Gasteiger partial charge on any atom is -0.288 e. The molecule has 13 heavy (non-hydrogen) atoms. The smallest absolute Gasteiger partial charge is 0.288 e. The van der Waals surface area contributed by atoms with E-state index < -0.39 is 6.03 Å². The summed E-state index contributed by atoms with van der Waals surface area (Å²) >= 11 is 0. The summed E-state index contributed by atoms with van der Waals surface area (Å²) in [7, 11) is 0. The lowest BCUT2D eigenvalue weighted by molar-refractivity contribution is 0.251. The maximum atomic E-state index is 10.8. The van der Waals surface area contributed by atoms with E-state index in [1.165, 1.54) is 0 Å². The van der Waals surface area contributed by atoms with E-state index >= 15 is 0 Å². The lowest BCUT2D eigenvalue weighted by Gasteiger charge is -2.08. The summed E-state index contributed by atoms with van der Waals surface area (Å²) in [6.07, 6.45) is 2.06. The van der Waals surface area contributed by atoms with E-state index in [1.54, 1.807) is 0 Å². The normalized spacial score (nSPS) is 19.3. The molecule has 0 atom stereocenters. The van der Waals surface area contributed by atoms with Crippen molar-refractivity contribution in [1.82, 2.24) is 5.32 Å². The molecule has 2 amide bonds. The van der Waals surface area contributed by atoms with Crippen LogP contribution >= 0.6 is 0 Å². The molecule has 0 aliphatic carbocycles. The van der Waals surface area contributed by atoms with Gasteiger partial charge in [-0.1, -0.05) is 25.0 Å². The molecule has 70 valence electrons. The Hall–Kier alpha value is -1.52. The number of aliphatic imine (C=N–C) groups is 1. The van der Waals surface area contributed by atoms with Crippen LogP contribution in [0.15, 0.2) is 27.5 Å². The first-order valence-electron chi connectivity index (χ1n) is 4.20. The van der Waals surface area contributed by atoms with Gasteiger partial charge in [0, 0.05) is 6.54 Å². The van der Waals surface area contributed by atoms with E-state index in [4.69, 9.17) is 0 Å². The first-order valence-corrected chi connectivity index (χ1v) is 4.20. The Morgan fingerprint density at radius 2 is 2.31 bits per heavy atom. The zero-order valence-corrected chi connectivity index (χ0v) is 7.58. The largest absolute Gasteiger partial charge is 0.365 e. The molecule has 1 aliphatic heterocycles. The second kappa shape index (κ2) is 4.49. The van der Waals surface area contributed by atoms with Crippen molar-refractivity contribution in [3.8, 4) is 0 Å². The quantitative estimate of drug-likeness (QED) is 0.662. The number of carbonyl (C=O) groups excluding carboxylic acids is 1. The van der Waals surface area contributed by atoms with Gasteiger partial charge in [0.2, 0.25) is 0 Å². The summed E-state index contributed by atoms with van der Waals surface area (Å²) in [5, 5.41) is 9.32. The lowest BCUT2D eigenvalue weighted by Crippen LogP contribution is -2.31. The summed E-state index contributed by atoms with van der Waals surface area (Å²) in [5.74, 6) is 0.438. The van der Waals surface area contributed by atoms with E-state index in [0.717, 1.165) is 12.8 Å². The Labute approximate surface area is 76.7 Å². The fourth-order valence-corrected chi connectivity index (χ4v) is 0.831. The van der Waals surface area contributed by atoms with Gasteiger partial charge in [-0.25, -0.2) is 4.79 Å². The number of nitrogens with zero attached hydrogens (tertiary/aromatic N) is 3. The van der Waals surface area contributed by atoms with Gasteiger partial charge in [-0.2, -0.15) is 0 Å². The Bertz CT molecular complexity index is 280. The zero-order chi connectivity index (χ0) is 9.68. The van der Waals surface area contributed by atoms with Crippen molar-refractivity contribution in [2.24, 2.45) is 15.2 Å². The summed E-state index contributed by atoms with van der Waals surface area (Å²) < 4.78 is 0. The van der Waals surface area contributed by atoms with Crippen LogP contribution in [0, 0.1) is 0 Å². The Morgan fingerprint density at radius 1 is 1.54 bits per heavy atom. The van der Waals surface area contributed by atoms with E-state index in [-0.39, 0.29) is 0 Å². The van der Waals surface area contributed by atoms with Crippen molar-refractivity contribution in [3.05, 3.63) is 12.3 Å². The highest BCUT2D eigenvalue weighted by molar-refractivity contribution is 6.08. The molecule has 0 aromatic carbocycles. The number of nitrogens with one attached hydrogen (secondary N) is 1. The van der Waals surface area contributed by atoms with Gasteiger partial charge in [-0.15, -0.1) is 5.11 Å². The second-order valence-electron chi connectivity index (χ2n) is 2.66. The molecule has 1 heterocycles. The molecular formula is C8H12N4O. The van der Waals surface area contributed by atoms with Crippen molar-refractivity contribution < 1.29 is 4.79 Å². The Morgan fingerprint density at radius 3 is 3.00 bits per heavy atom. The van der Waals surface area contributed by atoms with Crippen molar-refractivity contribution in [1.29, 1.82) is 0 Å². The van der Waals surface area contributed by atoms with Gasteiger partial charge < -0.3 is 0 Å². The predicted molar refractivity (Wildman–Crippen MR) is 49.7 cm³/mol. The Balaban J connectivity index is 2.59. The molecule has 1 aliphatic rings. The van der Waals surface area contributed by atoms with Crippen LogP contribution in [0.2, 0.25) is 0 Å². The van der Waals surface area contributed by atoms with Gasteiger partial charge >= 0.3 is 6.03 Å². The van der Waals surface area contributed by atoms with Crippen LogP contribution in [0.25, 0.3) is 0 Å². The van der Waals surface area contributed by atoms with Gasteiger partial charge in [-0.05, 0) is 6.42 Å². The minimum absolute atomic E-state index is 0.413. The zero-order valence-electron chi connectivity index (χ0n) is 7.58. The van der Waals surface area contributed by atoms with Crippen molar-refractivity contribution in [2.75, 3.05) is 6.54 Å². The molecule has 0 unspecified atom stereocenters. The maximum absolute atomic E-state index is 10.8. The van der Waals surface area contributed by atoms with E-state index in [9.17, 15) is 4.79 Å². The molecule has 0 saturated carbocycles. The van der Waals surface area contributed by atoms with Crippen LogP contribution in [0.3, 0.4) is 0 Å².